The molecule has 31 heavy (non-hydrogen) atoms. The molecule has 0 aliphatic heterocycles. The standard InChI is InChI=1S/C23H20N2O6/c26-22(14-17(15-23(27)28)16-4-2-1-3-5-16)24-18-6-10-20(11-7-18)31-21-12-8-19(9-13-21)25(29)30/h1-13,17H,14-15H2,(H,24,26)(H,27,28). The highest BCUT2D eigenvalue weighted by molar-refractivity contribution is 5.91. The molecule has 0 radical (unpaired) electrons. The molecule has 0 heterocycles. The highest BCUT2D eigenvalue weighted by Crippen LogP contribution is 2.26. The Balaban J connectivity index is 1.59. The molecule has 0 saturated heterocycles. The maximum atomic E-state index is 12.5. The molecule has 2 N–H and O–H groups in total. The number of hydrogen-bond acceptors (Lipinski definition) is 5. The van der Waals surface area contributed by atoms with Crippen molar-refractivity contribution in [3.8, 4) is 11.5 Å². The molecule has 0 aromatic heterocycles. The summed E-state index contributed by atoms with van der Waals surface area (Å²) in [5, 5.41) is 22.6. The molecular formula is C23H20N2O6. The van der Waals surface area contributed by atoms with E-state index in [0.29, 0.717) is 17.2 Å². The topological polar surface area (TPSA) is 119 Å². The van der Waals surface area contributed by atoms with Crippen molar-refractivity contribution in [2.75, 3.05) is 5.32 Å². The van der Waals surface area contributed by atoms with Crippen LogP contribution in [0, 0.1) is 10.1 Å². The summed E-state index contributed by atoms with van der Waals surface area (Å²) in [6, 6.07) is 21.4. The third kappa shape index (κ3) is 6.40. The van der Waals surface area contributed by atoms with E-state index in [1.165, 1.54) is 24.3 Å². The first-order chi connectivity index (χ1) is 14.9. The van der Waals surface area contributed by atoms with Crippen LogP contribution in [-0.2, 0) is 9.59 Å². The Labute approximate surface area is 178 Å². The van der Waals surface area contributed by atoms with Gasteiger partial charge in [-0.25, -0.2) is 0 Å². The minimum absolute atomic E-state index is 0.0258. The smallest absolute Gasteiger partial charge is 0.303 e. The Morgan fingerprint density at radius 2 is 1.48 bits per heavy atom. The molecule has 0 saturated carbocycles. The van der Waals surface area contributed by atoms with Crippen LogP contribution in [0.1, 0.15) is 24.3 Å². The van der Waals surface area contributed by atoms with Gasteiger partial charge >= 0.3 is 5.97 Å². The predicted octanol–water partition coefficient (Wildman–Crippen LogP) is 4.97. The summed E-state index contributed by atoms with van der Waals surface area (Å²) in [6.45, 7) is 0. The molecule has 1 amide bonds. The zero-order chi connectivity index (χ0) is 22.2. The number of carboxylic acids is 1. The molecule has 3 aromatic carbocycles. The van der Waals surface area contributed by atoms with E-state index >= 15 is 0 Å². The average Bonchev–Trinajstić information content (AvgIpc) is 2.75. The number of aliphatic carboxylic acids is 1. The third-order valence-corrected chi connectivity index (χ3v) is 4.55. The molecule has 8 heteroatoms. The van der Waals surface area contributed by atoms with Gasteiger partial charge in [-0.05, 0) is 42.0 Å². The Morgan fingerprint density at radius 3 is 2.03 bits per heavy atom. The van der Waals surface area contributed by atoms with Crippen molar-refractivity contribution in [3.63, 3.8) is 0 Å². The number of benzene rings is 3. The number of rotatable bonds is 9. The molecule has 0 spiro atoms. The average molecular weight is 420 g/mol. The number of anilines is 1. The summed E-state index contributed by atoms with van der Waals surface area (Å²) >= 11 is 0. The molecular weight excluding hydrogens is 400 g/mol. The van der Waals surface area contributed by atoms with Gasteiger partial charge in [0.05, 0.1) is 11.3 Å². The van der Waals surface area contributed by atoms with Crippen molar-refractivity contribution >= 4 is 23.3 Å². The Hall–Kier alpha value is -4.20. The van der Waals surface area contributed by atoms with Crippen LogP contribution < -0.4 is 10.1 Å². The largest absolute Gasteiger partial charge is 0.481 e. The minimum atomic E-state index is -0.964. The quantitative estimate of drug-likeness (QED) is 0.372. The van der Waals surface area contributed by atoms with Gasteiger partial charge in [-0.3, -0.25) is 19.7 Å². The lowest BCUT2D eigenvalue weighted by Gasteiger charge is -2.15. The van der Waals surface area contributed by atoms with Crippen molar-refractivity contribution in [2.24, 2.45) is 0 Å². The second kappa shape index (κ2) is 10.0. The van der Waals surface area contributed by atoms with Crippen LogP contribution in [0.2, 0.25) is 0 Å². The van der Waals surface area contributed by atoms with E-state index in [1.54, 1.807) is 24.3 Å². The Morgan fingerprint density at radius 1 is 0.903 bits per heavy atom. The van der Waals surface area contributed by atoms with E-state index in [9.17, 15) is 19.7 Å². The lowest BCUT2D eigenvalue weighted by Crippen LogP contribution is -2.17. The summed E-state index contributed by atoms with van der Waals surface area (Å²) in [7, 11) is 0. The Bertz CT molecular complexity index is 1050. The first kappa shape index (κ1) is 21.5. The maximum Gasteiger partial charge on any atom is 0.303 e. The van der Waals surface area contributed by atoms with Crippen LogP contribution >= 0.6 is 0 Å². The summed E-state index contributed by atoms with van der Waals surface area (Å²) in [4.78, 5) is 33.8. The van der Waals surface area contributed by atoms with Crippen molar-refractivity contribution in [1.82, 2.24) is 0 Å². The van der Waals surface area contributed by atoms with Crippen LogP contribution in [0.25, 0.3) is 0 Å². The van der Waals surface area contributed by atoms with Crippen molar-refractivity contribution in [3.05, 3.63) is 94.5 Å². The van der Waals surface area contributed by atoms with Gasteiger partial charge in [-0.2, -0.15) is 0 Å². The number of non-ortho nitro benzene ring substituents is 1. The molecule has 8 nitrogen and oxygen atoms in total. The number of nitro benzene ring substituents is 1. The van der Waals surface area contributed by atoms with Gasteiger partial charge in [0.2, 0.25) is 5.91 Å². The molecule has 0 aliphatic carbocycles. The zero-order valence-corrected chi connectivity index (χ0v) is 16.4. The SMILES string of the molecule is O=C(O)CC(CC(=O)Nc1ccc(Oc2ccc([N+](=O)[O-])cc2)cc1)c1ccccc1. The van der Waals surface area contributed by atoms with E-state index in [0.717, 1.165) is 5.56 Å². The van der Waals surface area contributed by atoms with Crippen molar-refractivity contribution < 1.29 is 24.4 Å². The molecule has 3 rings (SSSR count). The highest BCUT2D eigenvalue weighted by atomic mass is 16.6. The number of carboxylic acid groups (broad SMARTS) is 1. The number of nitro groups is 1. The number of nitrogens with zero attached hydrogens (tertiary/aromatic N) is 1. The second-order valence-corrected chi connectivity index (χ2v) is 6.84. The second-order valence-electron chi connectivity index (χ2n) is 6.84. The molecule has 3 aromatic rings. The van der Waals surface area contributed by atoms with Gasteiger partial charge in [0, 0.05) is 30.2 Å². The third-order valence-electron chi connectivity index (χ3n) is 4.55. The van der Waals surface area contributed by atoms with E-state index < -0.39 is 16.8 Å². The number of ether oxygens (including phenoxy) is 1. The molecule has 0 fully saturated rings. The van der Waals surface area contributed by atoms with Gasteiger partial charge in [0.1, 0.15) is 11.5 Å². The van der Waals surface area contributed by atoms with Crippen molar-refractivity contribution in [2.45, 2.75) is 18.8 Å². The highest BCUT2D eigenvalue weighted by Gasteiger charge is 2.19. The fourth-order valence-corrected chi connectivity index (χ4v) is 3.06. The van der Waals surface area contributed by atoms with Gasteiger partial charge < -0.3 is 15.2 Å². The van der Waals surface area contributed by atoms with Crippen LogP contribution in [0.3, 0.4) is 0 Å². The summed E-state index contributed by atoms with van der Waals surface area (Å²) in [5.41, 5.74) is 1.32. The molecule has 0 aliphatic rings. The molecule has 1 atom stereocenters. The maximum absolute atomic E-state index is 12.5. The lowest BCUT2D eigenvalue weighted by atomic mass is 9.92. The minimum Gasteiger partial charge on any atom is -0.481 e. The van der Waals surface area contributed by atoms with E-state index in [2.05, 4.69) is 5.32 Å². The van der Waals surface area contributed by atoms with Crippen LogP contribution in [0.4, 0.5) is 11.4 Å². The van der Waals surface area contributed by atoms with E-state index in [-0.39, 0.29) is 24.4 Å². The molecule has 158 valence electrons. The lowest BCUT2D eigenvalue weighted by molar-refractivity contribution is -0.384. The Kier molecular flexibility index (Phi) is 6.95. The van der Waals surface area contributed by atoms with Gasteiger partial charge in [0.15, 0.2) is 0 Å². The van der Waals surface area contributed by atoms with Crippen molar-refractivity contribution in [1.29, 1.82) is 0 Å². The first-order valence-corrected chi connectivity index (χ1v) is 9.49. The summed E-state index contributed by atoms with van der Waals surface area (Å²) in [5.74, 6) is -0.737. The van der Waals surface area contributed by atoms with Gasteiger partial charge in [0.25, 0.3) is 5.69 Å². The number of nitrogens with one attached hydrogen (secondary N) is 1. The fraction of sp³-hybridized carbons (Fsp3) is 0.130. The number of carbonyl (C=O) groups excluding carboxylic acids is 1. The normalized spacial score (nSPS) is 11.4. The van der Waals surface area contributed by atoms with E-state index in [1.807, 2.05) is 30.3 Å². The fourth-order valence-electron chi connectivity index (χ4n) is 3.06. The zero-order valence-electron chi connectivity index (χ0n) is 16.4. The van der Waals surface area contributed by atoms with Gasteiger partial charge in [-0.1, -0.05) is 30.3 Å². The predicted molar refractivity (Wildman–Crippen MR) is 114 cm³/mol. The number of amides is 1. The summed E-state index contributed by atoms with van der Waals surface area (Å²) < 4.78 is 5.64. The molecule has 1 unspecified atom stereocenters. The number of hydrogen-bond donors (Lipinski definition) is 2. The van der Waals surface area contributed by atoms with Crippen LogP contribution in [-0.4, -0.2) is 21.9 Å². The van der Waals surface area contributed by atoms with Gasteiger partial charge in [-0.15, -0.1) is 0 Å². The van der Waals surface area contributed by atoms with Crippen LogP contribution in [0.15, 0.2) is 78.9 Å². The number of carbonyl (C=O) groups is 2. The first-order valence-electron chi connectivity index (χ1n) is 9.49. The summed E-state index contributed by atoms with van der Waals surface area (Å²) in [6.07, 6.45) is -0.100. The monoisotopic (exact) mass is 420 g/mol. The van der Waals surface area contributed by atoms with Crippen LogP contribution in [0.5, 0.6) is 11.5 Å². The van der Waals surface area contributed by atoms with E-state index in [4.69, 9.17) is 9.84 Å². The molecule has 0 bridgehead atoms.